The van der Waals surface area contributed by atoms with Gasteiger partial charge in [0, 0.05) is 25.2 Å². The molecule has 1 fully saturated rings. The zero-order valence-corrected chi connectivity index (χ0v) is 25.0. The van der Waals surface area contributed by atoms with E-state index in [0.717, 1.165) is 56.3 Å². The number of hydrogen-bond acceptors (Lipinski definition) is 7. The normalized spacial score (nSPS) is 27.6. The molecular weight excluding hydrogens is 564 g/mol. The first-order valence-corrected chi connectivity index (χ1v) is 16.3. The van der Waals surface area contributed by atoms with Crippen molar-refractivity contribution >= 4 is 33.2 Å². The van der Waals surface area contributed by atoms with Crippen LogP contribution in [0.2, 0.25) is 5.02 Å². The van der Waals surface area contributed by atoms with Crippen LogP contribution in [0.3, 0.4) is 0 Å². The van der Waals surface area contributed by atoms with Crippen LogP contribution >= 0.6 is 11.6 Å². The van der Waals surface area contributed by atoms with Crippen molar-refractivity contribution in [3.63, 3.8) is 0 Å². The average molecular weight is 603 g/mol. The number of methoxy groups -OCH3 is 1. The number of aliphatic hydroxyl groups is 1. The van der Waals surface area contributed by atoms with E-state index in [0.29, 0.717) is 47.7 Å². The maximum atomic E-state index is 13.4. The number of nitrogens with one attached hydrogen (secondary N) is 1. The number of anilines is 1. The van der Waals surface area contributed by atoms with Gasteiger partial charge in [-0.1, -0.05) is 29.8 Å². The third-order valence-corrected chi connectivity index (χ3v) is 10.3. The van der Waals surface area contributed by atoms with Gasteiger partial charge >= 0.3 is 0 Å². The molecule has 2 heterocycles. The lowest BCUT2D eigenvalue weighted by Crippen LogP contribution is -2.44. The Morgan fingerprint density at radius 2 is 1.98 bits per heavy atom. The van der Waals surface area contributed by atoms with Gasteiger partial charge in [-0.25, -0.2) is 13.1 Å². The molecule has 2 aromatic carbocycles. The second-order valence-corrected chi connectivity index (χ2v) is 13.4. The molecule has 10 heteroatoms. The molecule has 0 radical (unpaired) electrons. The molecule has 2 N–H and O–H groups in total. The molecule has 0 spiro atoms. The van der Waals surface area contributed by atoms with Gasteiger partial charge in [0.25, 0.3) is 10.0 Å². The van der Waals surface area contributed by atoms with Crippen LogP contribution in [0.5, 0.6) is 5.75 Å². The second-order valence-electron chi connectivity index (χ2n) is 11.3. The smallest absolute Gasteiger partial charge is 0.264 e. The van der Waals surface area contributed by atoms with Crippen molar-refractivity contribution in [3.05, 3.63) is 64.7 Å². The maximum Gasteiger partial charge on any atom is 0.264 e. The number of halogens is 1. The fourth-order valence-electron chi connectivity index (χ4n) is 6.13. The van der Waals surface area contributed by atoms with Crippen LogP contribution in [-0.4, -0.2) is 52.3 Å². The largest absolute Gasteiger partial charge is 0.487 e. The lowest BCUT2D eigenvalue weighted by Gasteiger charge is -2.43. The SMILES string of the molecule is CO[C@@H]1/C=C/CC[C@@H](CO)C(=O)NS(=O)(=O)c2ccc3c(c2)N(CCCCc2cc(Cl)ccc2CO3)C[C@@H]2CC[C@H]21. The van der Waals surface area contributed by atoms with Gasteiger partial charge in [0.15, 0.2) is 0 Å². The third kappa shape index (κ3) is 6.91. The monoisotopic (exact) mass is 602 g/mol. The number of ether oxygens (including phenoxy) is 2. The molecule has 2 aromatic rings. The van der Waals surface area contributed by atoms with Gasteiger partial charge in [0.05, 0.1) is 29.2 Å². The fraction of sp³-hybridized carbons (Fsp3) is 0.516. The van der Waals surface area contributed by atoms with Gasteiger partial charge < -0.3 is 19.5 Å². The zero-order chi connectivity index (χ0) is 29.0. The second kappa shape index (κ2) is 13.2. The van der Waals surface area contributed by atoms with Crippen LogP contribution in [0, 0.1) is 17.8 Å². The number of nitrogens with zero attached hydrogens (tertiary/aromatic N) is 1. The van der Waals surface area contributed by atoms with Crippen molar-refractivity contribution in [1.29, 1.82) is 0 Å². The highest BCUT2D eigenvalue weighted by Crippen LogP contribution is 2.42. The van der Waals surface area contributed by atoms with Crippen molar-refractivity contribution in [3.8, 4) is 5.75 Å². The first-order chi connectivity index (χ1) is 19.8. The topological polar surface area (TPSA) is 105 Å². The Kier molecular flexibility index (Phi) is 9.59. The molecule has 41 heavy (non-hydrogen) atoms. The number of aryl methyl sites for hydroxylation is 1. The van der Waals surface area contributed by atoms with Crippen molar-refractivity contribution in [1.82, 2.24) is 4.72 Å². The molecule has 5 rings (SSSR count). The molecule has 2 bridgehead atoms. The quantitative estimate of drug-likeness (QED) is 0.473. The number of carbonyl (C=O) groups is 1. The van der Waals surface area contributed by atoms with Crippen molar-refractivity contribution in [2.45, 2.75) is 62.6 Å². The molecule has 1 saturated carbocycles. The van der Waals surface area contributed by atoms with Gasteiger partial charge in [-0.15, -0.1) is 0 Å². The number of benzene rings is 2. The van der Waals surface area contributed by atoms with E-state index in [-0.39, 0.29) is 11.0 Å². The van der Waals surface area contributed by atoms with Crippen LogP contribution in [0.15, 0.2) is 53.4 Å². The maximum absolute atomic E-state index is 13.4. The Morgan fingerprint density at radius 3 is 2.73 bits per heavy atom. The summed E-state index contributed by atoms with van der Waals surface area (Å²) in [6, 6.07) is 10.6. The minimum atomic E-state index is -4.17. The highest BCUT2D eigenvalue weighted by atomic mass is 35.5. The Balaban J connectivity index is 1.55. The van der Waals surface area contributed by atoms with Gasteiger partial charge in [-0.2, -0.15) is 0 Å². The number of rotatable bonds is 2. The lowest BCUT2D eigenvalue weighted by atomic mass is 9.70. The van der Waals surface area contributed by atoms with Crippen LogP contribution in [0.4, 0.5) is 5.69 Å². The summed E-state index contributed by atoms with van der Waals surface area (Å²) >= 11 is 6.30. The van der Waals surface area contributed by atoms with Gasteiger partial charge in [0.2, 0.25) is 5.91 Å². The molecule has 8 nitrogen and oxygen atoms in total. The Labute approximate surface area is 247 Å². The first kappa shape index (κ1) is 29.9. The predicted molar refractivity (Wildman–Crippen MR) is 159 cm³/mol. The van der Waals surface area contributed by atoms with Crippen LogP contribution < -0.4 is 14.4 Å². The standard InChI is InChI=1S/C31H39ClN2O6S/c1-39-29-8-3-2-7-23(19-35)31(36)33-41(37,38)26-12-14-30-28(17-26)34(18-22-10-13-27(22)29)15-5-4-6-21-16-25(32)11-9-24(21)20-40-30/h3,8-9,11-12,14,16-17,22-23,27,29,35H,2,4-7,10,13,15,18-20H2,1H3,(H,33,36)/b8-3+/t22-,23-,27+,29+/m0/s1. The molecule has 0 unspecified atom stereocenters. The van der Waals surface area contributed by atoms with E-state index in [1.807, 2.05) is 24.3 Å². The van der Waals surface area contributed by atoms with E-state index in [4.69, 9.17) is 21.1 Å². The minimum Gasteiger partial charge on any atom is -0.487 e. The molecule has 222 valence electrons. The van der Waals surface area contributed by atoms with Crippen molar-refractivity contribution in [2.24, 2.45) is 17.8 Å². The lowest BCUT2D eigenvalue weighted by molar-refractivity contribution is -0.124. The summed E-state index contributed by atoms with van der Waals surface area (Å²) in [5.41, 5.74) is 2.90. The third-order valence-electron chi connectivity index (χ3n) is 8.72. The number of hydrogen-bond donors (Lipinski definition) is 2. The summed E-state index contributed by atoms with van der Waals surface area (Å²) < 4.78 is 41.2. The summed E-state index contributed by atoms with van der Waals surface area (Å²) in [5, 5.41) is 10.5. The Bertz CT molecular complexity index is 1380. The summed E-state index contributed by atoms with van der Waals surface area (Å²) in [7, 11) is -2.44. The first-order valence-electron chi connectivity index (χ1n) is 14.4. The number of fused-ring (bicyclic) bond motifs is 3. The molecule has 0 aromatic heterocycles. The van der Waals surface area contributed by atoms with Crippen LogP contribution in [0.1, 0.15) is 49.7 Å². The minimum absolute atomic E-state index is 0.0103. The van der Waals surface area contributed by atoms with E-state index in [1.165, 1.54) is 6.07 Å². The summed E-state index contributed by atoms with van der Waals surface area (Å²) in [5.74, 6) is -0.256. The van der Waals surface area contributed by atoms with E-state index in [1.54, 1.807) is 19.2 Å². The average Bonchev–Trinajstić information content (AvgIpc) is 2.96. The van der Waals surface area contributed by atoms with Gasteiger partial charge in [0.1, 0.15) is 12.4 Å². The molecule has 1 amide bonds. The molecule has 4 atom stereocenters. The number of carbonyl (C=O) groups excluding carboxylic acids is 1. The molecule has 0 saturated heterocycles. The number of aliphatic hydroxyl groups excluding tert-OH is 1. The fourth-order valence-corrected chi connectivity index (χ4v) is 7.38. The molecule has 2 aliphatic heterocycles. The molecule has 1 aliphatic carbocycles. The highest BCUT2D eigenvalue weighted by molar-refractivity contribution is 7.90. The van der Waals surface area contributed by atoms with Gasteiger partial charge in [-0.3, -0.25) is 4.79 Å². The van der Waals surface area contributed by atoms with Crippen LogP contribution in [0.25, 0.3) is 0 Å². The van der Waals surface area contributed by atoms with E-state index in [9.17, 15) is 18.3 Å². The van der Waals surface area contributed by atoms with Crippen molar-refractivity contribution < 1.29 is 27.8 Å². The Hall–Kier alpha value is -2.59. The molecular formula is C31H39ClN2O6S. The zero-order valence-electron chi connectivity index (χ0n) is 23.4. The Morgan fingerprint density at radius 1 is 1.12 bits per heavy atom. The van der Waals surface area contributed by atoms with E-state index < -0.39 is 28.5 Å². The summed E-state index contributed by atoms with van der Waals surface area (Å²) in [6.45, 7) is 1.37. The summed E-state index contributed by atoms with van der Waals surface area (Å²) in [4.78, 5) is 15.1. The molecule has 3 aliphatic rings. The predicted octanol–water partition coefficient (Wildman–Crippen LogP) is 4.87. The highest BCUT2D eigenvalue weighted by Gasteiger charge is 2.38. The van der Waals surface area contributed by atoms with E-state index in [2.05, 4.69) is 15.7 Å². The summed E-state index contributed by atoms with van der Waals surface area (Å²) in [6.07, 6.45) is 9.70. The number of amides is 1. The van der Waals surface area contributed by atoms with E-state index >= 15 is 0 Å². The number of sulfonamides is 1. The van der Waals surface area contributed by atoms with Gasteiger partial charge in [-0.05, 0) is 98.2 Å². The van der Waals surface area contributed by atoms with Crippen molar-refractivity contribution in [2.75, 3.05) is 31.7 Å². The number of allylic oxidation sites excluding steroid dienone is 1. The van der Waals surface area contributed by atoms with Crippen LogP contribution in [-0.2, 0) is 32.6 Å².